The first-order chi connectivity index (χ1) is 18.9. The van der Waals surface area contributed by atoms with Crippen LogP contribution in [-0.4, -0.2) is 74.6 Å². The van der Waals surface area contributed by atoms with E-state index in [-0.39, 0.29) is 5.91 Å². The second kappa shape index (κ2) is 11.4. The van der Waals surface area contributed by atoms with Gasteiger partial charge < -0.3 is 14.7 Å². The van der Waals surface area contributed by atoms with E-state index in [9.17, 15) is 9.59 Å². The Balaban J connectivity index is 1.09. The number of halogens is 2. The van der Waals surface area contributed by atoms with Crippen LogP contribution in [0.2, 0.25) is 10.0 Å². The fourth-order valence-corrected chi connectivity index (χ4v) is 7.76. The van der Waals surface area contributed by atoms with Crippen molar-refractivity contribution in [1.29, 1.82) is 0 Å². The summed E-state index contributed by atoms with van der Waals surface area (Å²) in [5.74, 6) is 1.11. The number of hydrogen-bond donors (Lipinski definition) is 0. The standard InChI is InChI=1S/C30H39Cl2N5O2/c1-20(38)35-16-11-28-24(19-35)30(22-7-8-25(31)26(32)17-22)33-36(28)13-4-12-34-14-9-23(10-15-34)37-27-6-3-2-5-21(27)18-29(37)39/h7-8,17,21,23,27H,2-6,9-16,18-19H2,1H3. The first-order valence-corrected chi connectivity index (χ1v) is 15.5. The van der Waals surface area contributed by atoms with Gasteiger partial charge in [0.25, 0.3) is 0 Å². The highest BCUT2D eigenvalue weighted by Crippen LogP contribution is 2.40. The molecule has 0 radical (unpaired) electrons. The average molecular weight is 573 g/mol. The fourth-order valence-electron chi connectivity index (χ4n) is 7.47. The molecular weight excluding hydrogens is 533 g/mol. The number of benzene rings is 1. The highest BCUT2D eigenvalue weighted by Gasteiger charge is 2.44. The van der Waals surface area contributed by atoms with Gasteiger partial charge in [0.2, 0.25) is 11.8 Å². The third-order valence-corrected chi connectivity index (χ3v) is 10.3. The number of nitrogens with zero attached hydrogens (tertiary/aromatic N) is 5. The van der Waals surface area contributed by atoms with Crippen LogP contribution in [0.5, 0.6) is 0 Å². The second-order valence-corrected chi connectivity index (χ2v) is 12.7. The lowest BCUT2D eigenvalue weighted by atomic mass is 9.84. The minimum absolute atomic E-state index is 0.0894. The van der Waals surface area contributed by atoms with Crippen LogP contribution in [0.15, 0.2) is 18.2 Å². The van der Waals surface area contributed by atoms with E-state index in [1.54, 1.807) is 6.92 Å². The van der Waals surface area contributed by atoms with Crippen molar-refractivity contribution < 1.29 is 9.59 Å². The van der Waals surface area contributed by atoms with Crippen LogP contribution in [0.1, 0.15) is 69.5 Å². The number of carbonyl (C=O) groups is 2. The summed E-state index contributed by atoms with van der Waals surface area (Å²) in [5.41, 5.74) is 4.17. The zero-order valence-corrected chi connectivity index (χ0v) is 24.4. The molecule has 4 aliphatic rings. The SMILES string of the molecule is CC(=O)N1CCc2c(c(-c3ccc(Cl)c(Cl)c3)nn2CCCN2CCC(N3C(=O)CC4CCCCC43)CC2)C1. The smallest absolute Gasteiger partial charge is 0.223 e. The van der Waals surface area contributed by atoms with Crippen LogP contribution in [0.25, 0.3) is 11.3 Å². The van der Waals surface area contributed by atoms with E-state index in [1.165, 1.54) is 31.4 Å². The average Bonchev–Trinajstić information content (AvgIpc) is 3.47. The number of carbonyl (C=O) groups excluding carboxylic acids is 2. The molecule has 1 aliphatic carbocycles. The Morgan fingerprint density at radius 2 is 1.82 bits per heavy atom. The molecule has 4 heterocycles. The van der Waals surface area contributed by atoms with Crippen LogP contribution in [0, 0.1) is 5.92 Å². The highest BCUT2D eigenvalue weighted by atomic mass is 35.5. The molecule has 0 spiro atoms. The molecule has 2 unspecified atom stereocenters. The summed E-state index contributed by atoms with van der Waals surface area (Å²) in [7, 11) is 0. The van der Waals surface area contributed by atoms with E-state index in [0.717, 1.165) is 81.6 Å². The Morgan fingerprint density at radius 1 is 1.03 bits per heavy atom. The Hall–Kier alpha value is -2.09. The van der Waals surface area contributed by atoms with Gasteiger partial charge in [0.1, 0.15) is 0 Å². The number of likely N-dealkylation sites (tertiary alicyclic amines) is 2. The lowest BCUT2D eigenvalue weighted by Crippen LogP contribution is -2.49. The summed E-state index contributed by atoms with van der Waals surface area (Å²) in [6.45, 7) is 6.92. The third-order valence-electron chi connectivity index (χ3n) is 9.52. The molecule has 2 saturated heterocycles. The normalized spacial score (nSPS) is 24.2. The molecule has 1 saturated carbocycles. The van der Waals surface area contributed by atoms with Gasteiger partial charge in [-0.3, -0.25) is 14.3 Å². The van der Waals surface area contributed by atoms with Crippen LogP contribution in [-0.2, 0) is 29.1 Å². The van der Waals surface area contributed by atoms with E-state index in [4.69, 9.17) is 28.3 Å². The second-order valence-electron chi connectivity index (χ2n) is 11.9. The van der Waals surface area contributed by atoms with Crippen molar-refractivity contribution in [3.8, 4) is 11.3 Å². The Bertz CT molecular complexity index is 1240. The molecule has 2 amide bonds. The lowest BCUT2D eigenvalue weighted by molar-refractivity contribution is -0.132. The molecule has 39 heavy (non-hydrogen) atoms. The van der Waals surface area contributed by atoms with Crippen LogP contribution in [0.3, 0.4) is 0 Å². The molecule has 0 N–H and O–H groups in total. The van der Waals surface area contributed by atoms with Gasteiger partial charge in [-0.2, -0.15) is 5.10 Å². The molecule has 9 heteroatoms. The highest BCUT2D eigenvalue weighted by molar-refractivity contribution is 6.42. The number of fused-ring (bicyclic) bond motifs is 2. The molecule has 1 aromatic carbocycles. The maximum Gasteiger partial charge on any atom is 0.223 e. The minimum Gasteiger partial charge on any atom is -0.338 e. The molecular formula is C30H39Cl2N5O2. The third kappa shape index (κ3) is 5.47. The van der Waals surface area contributed by atoms with Crippen molar-refractivity contribution in [1.82, 2.24) is 24.5 Å². The molecule has 3 aliphatic heterocycles. The fraction of sp³-hybridized carbons (Fsp3) is 0.633. The molecule has 1 aromatic heterocycles. The Kier molecular flexibility index (Phi) is 7.93. The summed E-state index contributed by atoms with van der Waals surface area (Å²) < 4.78 is 2.16. The minimum atomic E-state index is 0.0894. The number of rotatable bonds is 6. The van der Waals surface area contributed by atoms with Gasteiger partial charge in [-0.15, -0.1) is 0 Å². The van der Waals surface area contributed by atoms with Gasteiger partial charge in [-0.05, 0) is 56.7 Å². The molecule has 0 bridgehead atoms. The van der Waals surface area contributed by atoms with E-state index >= 15 is 0 Å². The van der Waals surface area contributed by atoms with Gasteiger partial charge >= 0.3 is 0 Å². The van der Waals surface area contributed by atoms with Crippen molar-refractivity contribution in [2.75, 3.05) is 26.2 Å². The van der Waals surface area contributed by atoms with E-state index in [0.29, 0.717) is 40.5 Å². The van der Waals surface area contributed by atoms with Gasteiger partial charge in [0.05, 0.1) is 15.7 Å². The van der Waals surface area contributed by atoms with Gasteiger partial charge in [-0.1, -0.05) is 42.1 Å². The zero-order chi connectivity index (χ0) is 27.1. The van der Waals surface area contributed by atoms with Crippen molar-refractivity contribution in [2.24, 2.45) is 5.92 Å². The molecule has 2 atom stereocenters. The largest absolute Gasteiger partial charge is 0.338 e. The number of aryl methyl sites for hydroxylation is 1. The molecule has 3 fully saturated rings. The lowest BCUT2D eigenvalue weighted by Gasteiger charge is -2.41. The Labute approximate surface area is 241 Å². The van der Waals surface area contributed by atoms with Crippen LogP contribution >= 0.6 is 23.2 Å². The molecule has 6 rings (SSSR count). The maximum absolute atomic E-state index is 12.8. The van der Waals surface area contributed by atoms with Gasteiger partial charge in [-0.25, -0.2) is 0 Å². The monoisotopic (exact) mass is 571 g/mol. The summed E-state index contributed by atoms with van der Waals surface area (Å²) >= 11 is 12.5. The predicted octanol–water partition coefficient (Wildman–Crippen LogP) is 5.41. The summed E-state index contributed by atoms with van der Waals surface area (Å²) in [6.07, 6.45) is 9.81. The number of aromatic nitrogens is 2. The van der Waals surface area contributed by atoms with E-state index in [1.807, 2.05) is 23.1 Å². The number of amides is 2. The van der Waals surface area contributed by atoms with Crippen LogP contribution in [0.4, 0.5) is 0 Å². The van der Waals surface area contributed by atoms with Gasteiger partial charge in [0, 0.05) is 81.4 Å². The summed E-state index contributed by atoms with van der Waals surface area (Å²) in [4.78, 5) is 31.7. The predicted molar refractivity (Wildman–Crippen MR) is 154 cm³/mol. The van der Waals surface area contributed by atoms with Crippen molar-refractivity contribution in [3.05, 3.63) is 39.5 Å². The Morgan fingerprint density at radius 3 is 2.59 bits per heavy atom. The molecule has 2 aromatic rings. The number of piperidine rings is 1. The summed E-state index contributed by atoms with van der Waals surface area (Å²) in [5, 5.41) is 6.07. The first-order valence-electron chi connectivity index (χ1n) is 14.7. The molecule has 7 nitrogen and oxygen atoms in total. The zero-order valence-electron chi connectivity index (χ0n) is 22.9. The maximum atomic E-state index is 12.8. The molecule has 210 valence electrons. The van der Waals surface area contributed by atoms with Crippen molar-refractivity contribution in [3.63, 3.8) is 0 Å². The topological polar surface area (TPSA) is 61.7 Å². The quantitative estimate of drug-likeness (QED) is 0.465. The van der Waals surface area contributed by atoms with E-state index in [2.05, 4.69) is 14.5 Å². The van der Waals surface area contributed by atoms with E-state index < -0.39 is 0 Å². The number of hydrogen-bond acceptors (Lipinski definition) is 4. The first kappa shape index (κ1) is 27.1. The van der Waals surface area contributed by atoms with Crippen molar-refractivity contribution in [2.45, 2.75) is 89.9 Å². The summed E-state index contributed by atoms with van der Waals surface area (Å²) in [6, 6.07) is 6.58. The van der Waals surface area contributed by atoms with Gasteiger partial charge in [0.15, 0.2) is 0 Å². The van der Waals surface area contributed by atoms with Crippen LogP contribution < -0.4 is 0 Å². The van der Waals surface area contributed by atoms with Crippen molar-refractivity contribution >= 4 is 35.0 Å².